The molecule has 0 amide bonds. The van der Waals surface area contributed by atoms with Gasteiger partial charge in [0.05, 0.1) is 0 Å². The van der Waals surface area contributed by atoms with Crippen molar-refractivity contribution >= 4 is 36.2 Å². The summed E-state index contributed by atoms with van der Waals surface area (Å²) in [4.78, 5) is 2.58. The maximum Gasteiger partial charge on any atom is 0.129 e. The van der Waals surface area contributed by atoms with E-state index in [-0.39, 0.29) is 30.4 Å². The van der Waals surface area contributed by atoms with E-state index >= 15 is 0 Å². The van der Waals surface area contributed by atoms with Crippen molar-refractivity contribution in [2.45, 2.75) is 24.9 Å². The van der Waals surface area contributed by atoms with Crippen LogP contribution in [-0.2, 0) is 6.42 Å². The van der Waals surface area contributed by atoms with Crippen LogP contribution in [0.4, 0.5) is 11.4 Å². The van der Waals surface area contributed by atoms with Crippen molar-refractivity contribution in [2.75, 3.05) is 25.0 Å². The third-order valence-electron chi connectivity index (χ3n) is 5.75. The van der Waals surface area contributed by atoms with Gasteiger partial charge in [-0.3, -0.25) is 4.90 Å². The Bertz CT molecular complexity index is 732. The fraction of sp³-hybridized carbons (Fsp3) is 0.400. The molecule has 1 atom stereocenters. The van der Waals surface area contributed by atoms with Gasteiger partial charge >= 0.3 is 0 Å². The first-order valence-electron chi connectivity index (χ1n) is 8.67. The van der Waals surface area contributed by atoms with Crippen LogP contribution in [0, 0.1) is 5.92 Å². The lowest BCUT2D eigenvalue weighted by molar-refractivity contribution is -0.0798. The van der Waals surface area contributed by atoms with Crippen molar-refractivity contribution in [3.63, 3.8) is 0 Å². The molecular formula is C20H24Cl2N2O. The minimum Gasteiger partial charge on any atom is -0.485 e. The lowest BCUT2D eigenvalue weighted by Gasteiger charge is -2.50. The highest BCUT2D eigenvalue weighted by molar-refractivity contribution is 5.85. The Hall–Kier alpha value is -1.42. The molecule has 4 heterocycles. The van der Waals surface area contributed by atoms with Crippen LogP contribution >= 0.6 is 24.8 Å². The number of rotatable bonds is 2. The third-order valence-corrected chi connectivity index (χ3v) is 5.75. The van der Waals surface area contributed by atoms with Crippen molar-refractivity contribution < 1.29 is 4.74 Å². The van der Waals surface area contributed by atoms with Gasteiger partial charge in [0.2, 0.25) is 0 Å². The number of nitrogens with zero attached hydrogens (tertiary/aromatic N) is 1. The Morgan fingerprint density at radius 2 is 1.72 bits per heavy atom. The van der Waals surface area contributed by atoms with E-state index in [1.165, 1.54) is 31.5 Å². The van der Waals surface area contributed by atoms with Gasteiger partial charge in [-0.05, 0) is 56.3 Å². The molecule has 0 aliphatic carbocycles. The number of benzene rings is 2. The highest BCUT2D eigenvalue weighted by atomic mass is 35.5. The minimum atomic E-state index is 0. The second-order valence-corrected chi connectivity index (χ2v) is 7.21. The Kier molecular flexibility index (Phi) is 5.19. The van der Waals surface area contributed by atoms with Crippen LogP contribution in [0.5, 0.6) is 5.75 Å². The Balaban J connectivity index is 0.000000911. The maximum atomic E-state index is 6.51. The summed E-state index contributed by atoms with van der Waals surface area (Å²) in [5.41, 5.74) is 3.69. The molecule has 2 aromatic carbocycles. The summed E-state index contributed by atoms with van der Waals surface area (Å²) in [6, 6.07) is 16.9. The van der Waals surface area contributed by atoms with E-state index < -0.39 is 0 Å². The summed E-state index contributed by atoms with van der Waals surface area (Å²) in [6.45, 7) is 3.62. The van der Waals surface area contributed by atoms with E-state index in [0.717, 1.165) is 36.0 Å². The van der Waals surface area contributed by atoms with E-state index in [2.05, 4.69) is 52.7 Å². The van der Waals surface area contributed by atoms with Gasteiger partial charge in [0.25, 0.3) is 0 Å². The number of hydrogen-bond acceptors (Lipinski definition) is 3. The third kappa shape index (κ3) is 3.21. The van der Waals surface area contributed by atoms with Crippen LogP contribution in [0.25, 0.3) is 0 Å². The van der Waals surface area contributed by atoms with Crippen LogP contribution < -0.4 is 10.1 Å². The second kappa shape index (κ2) is 7.06. The zero-order chi connectivity index (χ0) is 15.3. The fourth-order valence-electron chi connectivity index (χ4n) is 4.60. The molecule has 1 spiro atoms. The molecule has 3 nitrogen and oxygen atoms in total. The molecule has 2 bridgehead atoms. The van der Waals surface area contributed by atoms with Gasteiger partial charge in [0, 0.05) is 35.8 Å². The Labute approximate surface area is 161 Å². The summed E-state index contributed by atoms with van der Waals surface area (Å²) >= 11 is 0. The van der Waals surface area contributed by atoms with Crippen LogP contribution in [0.2, 0.25) is 0 Å². The van der Waals surface area contributed by atoms with Gasteiger partial charge in [0.1, 0.15) is 11.4 Å². The summed E-state index contributed by atoms with van der Waals surface area (Å²) < 4.78 is 6.51. The second-order valence-electron chi connectivity index (χ2n) is 7.21. The van der Waals surface area contributed by atoms with Crippen molar-refractivity contribution in [1.82, 2.24) is 4.90 Å². The lowest BCUT2D eigenvalue weighted by atomic mass is 9.73. The number of para-hydroxylation sites is 1. The monoisotopic (exact) mass is 378 g/mol. The summed E-state index contributed by atoms with van der Waals surface area (Å²) in [6.07, 6.45) is 3.65. The molecule has 3 saturated heterocycles. The quantitative estimate of drug-likeness (QED) is 0.821. The molecule has 3 fully saturated rings. The molecular weight excluding hydrogens is 355 g/mol. The number of fused-ring (bicyclic) bond motifs is 3. The van der Waals surface area contributed by atoms with Gasteiger partial charge in [0.15, 0.2) is 0 Å². The van der Waals surface area contributed by atoms with Crippen molar-refractivity contribution in [3.05, 3.63) is 54.1 Å². The average molecular weight is 379 g/mol. The normalized spacial score (nSPS) is 28.5. The molecule has 0 aromatic heterocycles. The van der Waals surface area contributed by atoms with Crippen LogP contribution in [0.1, 0.15) is 18.4 Å². The first-order chi connectivity index (χ1) is 11.3. The van der Waals surface area contributed by atoms with Crippen LogP contribution in [0.15, 0.2) is 48.5 Å². The largest absolute Gasteiger partial charge is 0.485 e. The number of hydrogen-bond donors (Lipinski definition) is 1. The molecule has 134 valence electrons. The van der Waals surface area contributed by atoms with E-state index in [9.17, 15) is 0 Å². The first kappa shape index (κ1) is 18.4. The van der Waals surface area contributed by atoms with E-state index in [0.29, 0.717) is 0 Å². The van der Waals surface area contributed by atoms with Gasteiger partial charge in [-0.15, -0.1) is 24.8 Å². The van der Waals surface area contributed by atoms with Gasteiger partial charge < -0.3 is 10.1 Å². The zero-order valence-electron chi connectivity index (χ0n) is 14.1. The number of ether oxygens (including phenoxy) is 1. The van der Waals surface area contributed by atoms with E-state index in [4.69, 9.17) is 4.74 Å². The van der Waals surface area contributed by atoms with Gasteiger partial charge in [-0.25, -0.2) is 0 Å². The van der Waals surface area contributed by atoms with Crippen molar-refractivity contribution in [1.29, 1.82) is 0 Å². The Morgan fingerprint density at radius 3 is 2.40 bits per heavy atom. The molecule has 0 radical (unpaired) electrons. The first-order valence-corrected chi connectivity index (χ1v) is 8.67. The SMILES string of the molecule is Cl.Cl.c1ccc(Nc2ccc3c(c2)CC2(CN4CCC2CC4)O3)cc1. The highest BCUT2D eigenvalue weighted by Crippen LogP contribution is 2.47. The maximum absolute atomic E-state index is 6.51. The Morgan fingerprint density at radius 1 is 0.960 bits per heavy atom. The molecule has 0 saturated carbocycles. The molecule has 1 N–H and O–H groups in total. The average Bonchev–Trinajstić information content (AvgIpc) is 2.93. The number of anilines is 2. The predicted molar refractivity (Wildman–Crippen MR) is 107 cm³/mol. The zero-order valence-corrected chi connectivity index (χ0v) is 15.7. The van der Waals surface area contributed by atoms with Gasteiger partial charge in [-0.2, -0.15) is 0 Å². The number of halogens is 2. The number of piperidine rings is 3. The topological polar surface area (TPSA) is 24.5 Å². The van der Waals surface area contributed by atoms with Crippen LogP contribution in [0.3, 0.4) is 0 Å². The predicted octanol–water partition coefficient (Wildman–Crippen LogP) is 4.67. The fourth-order valence-corrected chi connectivity index (χ4v) is 4.60. The lowest BCUT2D eigenvalue weighted by Crippen LogP contribution is -2.61. The number of nitrogens with one attached hydrogen (secondary N) is 1. The molecule has 25 heavy (non-hydrogen) atoms. The summed E-state index contributed by atoms with van der Waals surface area (Å²) in [5, 5.41) is 3.49. The summed E-state index contributed by atoms with van der Waals surface area (Å²) in [5.74, 6) is 1.82. The summed E-state index contributed by atoms with van der Waals surface area (Å²) in [7, 11) is 0. The van der Waals surface area contributed by atoms with Crippen molar-refractivity contribution in [3.8, 4) is 5.75 Å². The van der Waals surface area contributed by atoms with Gasteiger partial charge in [-0.1, -0.05) is 18.2 Å². The molecule has 4 aliphatic heterocycles. The molecule has 2 aromatic rings. The molecule has 1 unspecified atom stereocenters. The van der Waals surface area contributed by atoms with E-state index in [1.807, 2.05) is 6.07 Å². The molecule has 5 heteroatoms. The smallest absolute Gasteiger partial charge is 0.129 e. The highest BCUT2D eigenvalue weighted by Gasteiger charge is 2.51. The van der Waals surface area contributed by atoms with Crippen LogP contribution in [-0.4, -0.2) is 30.1 Å². The molecule has 6 rings (SSSR count). The van der Waals surface area contributed by atoms with Crippen molar-refractivity contribution in [2.24, 2.45) is 5.92 Å². The van der Waals surface area contributed by atoms with E-state index in [1.54, 1.807) is 0 Å². The standard InChI is InChI=1S/C20H22N2O.2ClH/c1-2-4-17(5-3-1)21-18-6-7-19-15(12-18)13-20(23-19)14-22-10-8-16(20)9-11-22;;/h1-7,12,16,21H,8-11,13-14H2;2*1H. The molecule has 4 aliphatic rings. The minimum absolute atomic E-state index is 0.